The first-order chi connectivity index (χ1) is 6.90. The van der Waals surface area contributed by atoms with Crippen molar-refractivity contribution in [2.45, 2.75) is 44.4 Å². The summed E-state index contributed by atoms with van der Waals surface area (Å²) in [5.41, 5.74) is -0.245. The van der Waals surface area contributed by atoms with E-state index in [-0.39, 0.29) is 17.4 Å². The van der Waals surface area contributed by atoms with Crippen molar-refractivity contribution in [3.63, 3.8) is 0 Å². The van der Waals surface area contributed by atoms with Crippen molar-refractivity contribution in [3.8, 4) is 0 Å². The van der Waals surface area contributed by atoms with Crippen LogP contribution >= 0.6 is 0 Å². The Labute approximate surface area is 91.3 Å². The molecule has 0 aliphatic carbocycles. The van der Waals surface area contributed by atoms with Gasteiger partial charge in [0.05, 0.1) is 17.6 Å². The van der Waals surface area contributed by atoms with Crippen molar-refractivity contribution in [1.29, 1.82) is 0 Å². The van der Waals surface area contributed by atoms with Gasteiger partial charge in [-0.2, -0.15) is 0 Å². The fraction of sp³-hybridized carbons (Fsp3) is 1.00. The summed E-state index contributed by atoms with van der Waals surface area (Å²) in [7, 11) is -2.82. The molecule has 0 aromatic carbocycles. The second-order valence-electron chi connectivity index (χ2n) is 5.02. The van der Waals surface area contributed by atoms with Crippen LogP contribution < -0.4 is 5.32 Å². The Hall–Kier alpha value is -0.130. The zero-order valence-electron chi connectivity index (χ0n) is 9.32. The second kappa shape index (κ2) is 3.71. The number of rotatable bonds is 2. The number of ether oxygens (including phenoxy) is 1. The highest BCUT2D eigenvalue weighted by atomic mass is 32.2. The topological polar surface area (TPSA) is 55.4 Å². The molecule has 0 amide bonds. The normalized spacial score (nSPS) is 44.7. The van der Waals surface area contributed by atoms with Gasteiger partial charge in [0.25, 0.3) is 0 Å². The molecule has 0 bridgehead atoms. The van der Waals surface area contributed by atoms with Gasteiger partial charge in [-0.3, -0.25) is 0 Å². The average Bonchev–Trinajstić information content (AvgIpc) is 2.59. The molecule has 2 heterocycles. The summed E-state index contributed by atoms with van der Waals surface area (Å²) in [4.78, 5) is 0. The van der Waals surface area contributed by atoms with Crippen LogP contribution in [0.25, 0.3) is 0 Å². The molecule has 2 aliphatic rings. The van der Waals surface area contributed by atoms with Crippen LogP contribution in [-0.4, -0.2) is 44.2 Å². The third-order valence-corrected chi connectivity index (χ3v) is 5.32. The summed E-state index contributed by atoms with van der Waals surface area (Å²) in [5.74, 6) is 0.585. The predicted octanol–water partition coefficient (Wildman–Crippen LogP) is 0.331. The molecular formula is C10H19NO3S. The van der Waals surface area contributed by atoms with E-state index in [0.717, 1.165) is 19.4 Å². The van der Waals surface area contributed by atoms with Gasteiger partial charge in [-0.15, -0.1) is 0 Å². The summed E-state index contributed by atoms with van der Waals surface area (Å²) in [5, 5.41) is 3.46. The van der Waals surface area contributed by atoms with E-state index in [1.807, 2.05) is 13.8 Å². The van der Waals surface area contributed by atoms with E-state index in [9.17, 15) is 8.42 Å². The van der Waals surface area contributed by atoms with Gasteiger partial charge in [0.1, 0.15) is 0 Å². The fourth-order valence-corrected chi connectivity index (χ4v) is 4.60. The van der Waals surface area contributed by atoms with Crippen LogP contribution in [0.5, 0.6) is 0 Å². The lowest BCUT2D eigenvalue weighted by Gasteiger charge is -2.29. The summed E-state index contributed by atoms with van der Waals surface area (Å²) in [6, 6.07) is 0.309. The zero-order chi connectivity index (χ0) is 11.1. The standard InChI is InChI=1S/C10H19NO3S/c1-8-9(3-5-14-8)11-10(2)4-6-15(12,13)7-10/h8-9,11H,3-7H2,1-2H3. The molecule has 4 nitrogen and oxygen atoms in total. The van der Waals surface area contributed by atoms with Crippen molar-refractivity contribution >= 4 is 9.84 Å². The maximum Gasteiger partial charge on any atom is 0.152 e. The molecule has 0 saturated carbocycles. The molecule has 88 valence electrons. The Kier molecular flexibility index (Phi) is 2.81. The molecular weight excluding hydrogens is 214 g/mol. The maximum absolute atomic E-state index is 11.4. The van der Waals surface area contributed by atoms with Crippen LogP contribution in [0.15, 0.2) is 0 Å². The first-order valence-electron chi connectivity index (χ1n) is 5.50. The first-order valence-corrected chi connectivity index (χ1v) is 7.32. The van der Waals surface area contributed by atoms with Gasteiger partial charge in [-0.1, -0.05) is 0 Å². The van der Waals surface area contributed by atoms with Gasteiger partial charge in [0, 0.05) is 18.2 Å². The maximum atomic E-state index is 11.4. The van der Waals surface area contributed by atoms with Gasteiger partial charge in [0.2, 0.25) is 0 Å². The molecule has 3 unspecified atom stereocenters. The van der Waals surface area contributed by atoms with Crippen LogP contribution in [-0.2, 0) is 14.6 Å². The minimum absolute atomic E-state index is 0.199. The lowest BCUT2D eigenvalue weighted by atomic mass is 9.99. The minimum atomic E-state index is -2.82. The van der Waals surface area contributed by atoms with E-state index >= 15 is 0 Å². The van der Waals surface area contributed by atoms with Gasteiger partial charge in [-0.25, -0.2) is 8.42 Å². The molecule has 0 aromatic heterocycles. The molecule has 2 aliphatic heterocycles. The van der Waals surface area contributed by atoms with E-state index in [0.29, 0.717) is 11.8 Å². The van der Waals surface area contributed by atoms with Gasteiger partial charge in [0.15, 0.2) is 9.84 Å². The second-order valence-corrected chi connectivity index (χ2v) is 7.20. The minimum Gasteiger partial charge on any atom is -0.377 e. The molecule has 2 fully saturated rings. The van der Waals surface area contributed by atoms with E-state index < -0.39 is 9.84 Å². The Morgan fingerprint density at radius 2 is 2.20 bits per heavy atom. The highest BCUT2D eigenvalue weighted by molar-refractivity contribution is 7.91. The summed E-state index contributed by atoms with van der Waals surface area (Å²) >= 11 is 0. The fourth-order valence-electron chi connectivity index (χ4n) is 2.49. The molecule has 1 N–H and O–H groups in total. The molecule has 3 atom stereocenters. The lowest BCUT2D eigenvalue weighted by molar-refractivity contribution is 0.107. The van der Waals surface area contributed by atoms with Crippen LogP contribution in [0, 0.1) is 0 Å². The Morgan fingerprint density at radius 3 is 2.67 bits per heavy atom. The molecule has 0 spiro atoms. The number of sulfone groups is 1. The van der Waals surface area contributed by atoms with Gasteiger partial charge in [-0.05, 0) is 26.7 Å². The summed E-state index contributed by atoms with van der Waals surface area (Å²) < 4.78 is 28.3. The molecule has 0 aromatic rings. The van der Waals surface area contributed by atoms with E-state index in [1.54, 1.807) is 0 Å². The quantitative estimate of drug-likeness (QED) is 0.747. The van der Waals surface area contributed by atoms with Crippen LogP contribution in [0.1, 0.15) is 26.7 Å². The smallest absolute Gasteiger partial charge is 0.152 e. The number of hydrogen-bond donors (Lipinski definition) is 1. The van der Waals surface area contributed by atoms with Crippen LogP contribution in [0.2, 0.25) is 0 Å². The predicted molar refractivity (Wildman–Crippen MR) is 58.6 cm³/mol. The monoisotopic (exact) mass is 233 g/mol. The van der Waals surface area contributed by atoms with Crippen molar-refractivity contribution in [2.24, 2.45) is 0 Å². The van der Waals surface area contributed by atoms with Crippen molar-refractivity contribution < 1.29 is 13.2 Å². The highest BCUT2D eigenvalue weighted by Gasteiger charge is 2.41. The Morgan fingerprint density at radius 1 is 1.47 bits per heavy atom. The number of nitrogens with one attached hydrogen (secondary N) is 1. The molecule has 2 saturated heterocycles. The highest BCUT2D eigenvalue weighted by Crippen LogP contribution is 2.26. The Bertz CT molecular complexity index is 341. The molecule has 5 heteroatoms. The lowest BCUT2D eigenvalue weighted by Crippen LogP contribution is -2.51. The van der Waals surface area contributed by atoms with Gasteiger partial charge >= 0.3 is 0 Å². The molecule has 15 heavy (non-hydrogen) atoms. The third-order valence-electron chi connectivity index (χ3n) is 3.41. The van der Waals surface area contributed by atoms with Crippen molar-refractivity contribution in [2.75, 3.05) is 18.1 Å². The van der Waals surface area contributed by atoms with Crippen molar-refractivity contribution in [1.82, 2.24) is 5.32 Å². The van der Waals surface area contributed by atoms with Gasteiger partial charge < -0.3 is 10.1 Å². The summed E-state index contributed by atoms with van der Waals surface area (Å²) in [6.07, 6.45) is 1.90. The SMILES string of the molecule is CC1OCCC1NC1(C)CCS(=O)(=O)C1. The largest absolute Gasteiger partial charge is 0.377 e. The van der Waals surface area contributed by atoms with E-state index in [1.165, 1.54) is 0 Å². The van der Waals surface area contributed by atoms with Crippen molar-refractivity contribution in [3.05, 3.63) is 0 Å². The molecule has 2 rings (SSSR count). The number of hydrogen-bond acceptors (Lipinski definition) is 4. The van der Waals surface area contributed by atoms with Crippen LogP contribution in [0.4, 0.5) is 0 Å². The Balaban J connectivity index is 2.00. The third kappa shape index (κ3) is 2.52. The molecule has 0 radical (unpaired) electrons. The summed E-state index contributed by atoms with van der Waals surface area (Å²) in [6.45, 7) is 4.82. The average molecular weight is 233 g/mol. The van der Waals surface area contributed by atoms with Crippen LogP contribution in [0.3, 0.4) is 0 Å². The van der Waals surface area contributed by atoms with E-state index in [4.69, 9.17) is 4.74 Å². The zero-order valence-corrected chi connectivity index (χ0v) is 10.1. The van der Waals surface area contributed by atoms with E-state index in [2.05, 4.69) is 5.32 Å². The first kappa shape index (κ1) is 11.4.